The Bertz CT molecular complexity index is 1070. The number of benzene rings is 2. The van der Waals surface area contributed by atoms with E-state index in [1.165, 1.54) is 12.1 Å². The second-order valence-corrected chi connectivity index (χ2v) is 8.31. The quantitative estimate of drug-likeness (QED) is 0.565. The van der Waals surface area contributed by atoms with Crippen LogP contribution in [0.5, 0.6) is 0 Å². The molecule has 0 unspecified atom stereocenters. The lowest BCUT2D eigenvalue weighted by Gasteiger charge is -2.15. The van der Waals surface area contributed by atoms with Gasteiger partial charge in [0.15, 0.2) is 0 Å². The highest BCUT2D eigenvalue weighted by Gasteiger charge is 2.17. The maximum Gasteiger partial charge on any atom is 0.240 e. The molecular weight excluding hydrogens is 384 g/mol. The van der Waals surface area contributed by atoms with Crippen LogP contribution in [0.1, 0.15) is 12.5 Å². The molecule has 8 heteroatoms. The van der Waals surface area contributed by atoms with E-state index in [1.807, 2.05) is 0 Å². The summed E-state index contributed by atoms with van der Waals surface area (Å²) in [5.74, 6) is -1.19. The lowest BCUT2D eigenvalue weighted by molar-refractivity contribution is 0.533. The van der Waals surface area contributed by atoms with Crippen molar-refractivity contribution in [2.75, 3.05) is 13.1 Å². The van der Waals surface area contributed by atoms with Crippen molar-refractivity contribution in [2.45, 2.75) is 24.3 Å². The highest BCUT2D eigenvalue weighted by molar-refractivity contribution is 7.89. The highest BCUT2D eigenvalue weighted by atomic mass is 32.2. The van der Waals surface area contributed by atoms with Crippen molar-refractivity contribution >= 4 is 20.8 Å². The Morgan fingerprint density at radius 3 is 2.68 bits per heavy atom. The van der Waals surface area contributed by atoms with Gasteiger partial charge in [0.25, 0.3) is 0 Å². The van der Waals surface area contributed by atoms with Crippen LogP contribution in [0.25, 0.3) is 10.8 Å². The molecule has 0 bridgehead atoms. The zero-order valence-corrected chi connectivity index (χ0v) is 16.1. The highest BCUT2D eigenvalue weighted by Crippen LogP contribution is 2.18. The molecule has 148 valence electrons. The Labute approximate surface area is 162 Å². The summed E-state index contributed by atoms with van der Waals surface area (Å²) in [6.45, 7) is 2.56. The topological polar surface area (TPSA) is 71.1 Å². The Morgan fingerprint density at radius 2 is 1.89 bits per heavy atom. The number of halogens is 2. The molecule has 1 aromatic heterocycles. The van der Waals surface area contributed by atoms with Gasteiger partial charge in [0.1, 0.15) is 11.6 Å². The fourth-order valence-electron chi connectivity index (χ4n) is 2.87. The van der Waals surface area contributed by atoms with Gasteiger partial charge in [0.05, 0.1) is 4.90 Å². The van der Waals surface area contributed by atoms with E-state index in [9.17, 15) is 17.2 Å². The number of fused-ring (bicyclic) bond motifs is 1. The largest absolute Gasteiger partial charge is 0.315 e. The van der Waals surface area contributed by atoms with Crippen LogP contribution < -0.4 is 10.0 Å². The monoisotopic (exact) mass is 405 g/mol. The molecular formula is C20H21F2N3O2S. The molecule has 0 fully saturated rings. The number of nitrogens with one attached hydrogen (secondary N) is 2. The number of hydrogen-bond acceptors (Lipinski definition) is 4. The van der Waals surface area contributed by atoms with Gasteiger partial charge in [0, 0.05) is 36.4 Å². The summed E-state index contributed by atoms with van der Waals surface area (Å²) in [6.07, 6.45) is 3.67. The molecule has 0 saturated carbocycles. The summed E-state index contributed by atoms with van der Waals surface area (Å²) in [5.41, 5.74) is 0.410. The van der Waals surface area contributed by atoms with E-state index < -0.39 is 21.7 Å². The molecule has 0 aliphatic rings. The molecule has 0 aliphatic heterocycles. The number of rotatable bonds is 8. The molecule has 28 heavy (non-hydrogen) atoms. The van der Waals surface area contributed by atoms with Crippen molar-refractivity contribution in [3.8, 4) is 0 Å². The molecule has 2 aromatic carbocycles. The van der Waals surface area contributed by atoms with Crippen LogP contribution in [-0.2, 0) is 16.4 Å². The van der Waals surface area contributed by atoms with Crippen LogP contribution in [0.2, 0.25) is 0 Å². The number of sulfonamides is 1. The Balaban J connectivity index is 1.53. The molecule has 3 rings (SSSR count). The first-order valence-electron chi connectivity index (χ1n) is 8.86. The summed E-state index contributed by atoms with van der Waals surface area (Å²) in [6, 6.07) is 9.75. The number of hydrogen-bond donors (Lipinski definition) is 2. The molecule has 0 saturated heterocycles. The molecule has 0 spiro atoms. The average Bonchev–Trinajstić information content (AvgIpc) is 2.66. The second kappa shape index (κ2) is 8.72. The van der Waals surface area contributed by atoms with Gasteiger partial charge in [-0.25, -0.2) is 21.9 Å². The van der Waals surface area contributed by atoms with Crippen molar-refractivity contribution in [1.29, 1.82) is 0 Å². The zero-order chi connectivity index (χ0) is 20.1. The molecule has 2 N–H and O–H groups in total. The van der Waals surface area contributed by atoms with E-state index in [1.54, 1.807) is 43.6 Å². The molecule has 5 nitrogen and oxygen atoms in total. The lowest BCUT2D eigenvalue weighted by atomic mass is 10.1. The van der Waals surface area contributed by atoms with Gasteiger partial charge in [-0.1, -0.05) is 12.1 Å². The summed E-state index contributed by atoms with van der Waals surface area (Å²) in [7, 11) is -3.66. The maximum absolute atomic E-state index is 13.6. The second-order valence-electron chi connectivity index (χ2n) is 6.60. The minimum absolute atomic E-state index is 0.187. The van der Waals surface area contributed by atoms with Crippen molar-refractivity contribution in [2.24, 2.45) is 0 Å². The van der Waals surface area contributed by atoms with Gasteiger partial charge in [-0.05, 0) is 55.1 Å². The molecule has 0 aliphatic carbocycles. The molecule has 3 aromatic rings. The lowest BCUT2D eigenvalue weighted by Crippen LogP contribution is -2.40. The number of aromatic nitrogens is 1. The summed E-state index contributed by atoms with van der Waals surface area (Å²) in [4.78, 5) is 4.20. The van der Waals surface area contributed by atoms with E-state index in [2.05, 4.69) is 15.0 Å². The first kappa shape index (κ1) is 20.3. The van der Waals surface area contributed by atoms with Crippen LogP contribution in [0.4, 0.5) is 8.78 Å². The van der Waals surface area contributed by atoms with E-state index >= 15 is 0 Å². The summed E-state index contributed by atoms with van der Waals surface area (Å²) >= 11 is 0. The third-order valence-electron chi connectivity index (χ3n) is 4.32. The van der Waals surface area contributed by atoms with E-state index in [4.69, 9.17) is 0 Å². The minimum atomic E-state index is -3.66. The number of pyridine rings is 1. The van der Waals surface area contributed by atoms with E-state index in [-0.39, 0.29) is 10.9 Å². The Kier molecular flexibility index (Phi) is 6.33. The van der Waals surface area contributed by atoms with Crippen LogP contribution in [0.3, 0.4) is 0 Å². The van der Waals surface area contributed by atoms with Gasteiger partial charge in [0.2, 0.25) is 10.0 Å². The summed E-state index contributed by atoms with van der Waals surface area (Å²) in [5, 5.41) is 4.74. The average molecular weight is 405 g/mol. The first-order chi connectivity index (χ1) is 13.3. The van der Waals surface area contributed by atoms with E-state index in [0.29, 0.717) is 25.1 Å². The fraction of sp³-hybridized carbons (Fsp3) is 0.250. The molecule has 0 radical (unpaired) electrons. The fourth-order valence-corrected chi connectivity index (χ4v) is 4.15. The Hall–Kier alpha value is -2.42. The standard InChI is InChI=1S/C20H21F2N3O2S/c1-14(12-23-8-6-15-2-4-18(21)11-20(15)22)25-28(26,27)19-5-3-17-13-24-9-7-16(17)10-19/h2-5,7,9-11,13-14,23,25H,6,8,12H2,1H3/t14-/m1/s1. The zero-order valence-electron chi connectivity index (χ0n) is 15.3. The molecule has 1 atom stereocenters. The number of nitrogens with zero attached hydrogens (tertiary/aromatic N) is 1. The normalized spacial score (nSPS) is 13.0. The van der Waals surface area contributed by atoms with Crippen LogP contribution in [0.15, 0.2) is 59.8 Å². The van der Waals surface area contributed by atoms with Crippen molar-refractivity contribution in [3.63, 3.8) is 0 Å². The van der Waals surface area contributed by atoms with Crippen LogP contribution in [-0.4, -0.2) is 32.5 Å². The van der Waals surface area contributed by atoms with Gasteiger partial charge in [-0.15, -0.1) is 0 Å². The maximum atomic E-state index is 13.6. The molecule has 0 amide bonds. The SMILES string of the molecule is C[C@H](CNCCc1ccc(F)cc1F)NS(=O)(=O)c1ccc2cnccc2c1. The predicted molar refractivity (Wildman–Crippen MR) is 104 cm³/mol. The molecule has 1 heterocycles. The van der Waals surface area contributed by atoms with E-state index in [0.717, 1.165) is 16.8 Å². The van der Waals surface area contributed by atoms with Crippen molar-refractivity contribution < 1.29 is 17.2 Å². The van der Waals surface area contributed by atoms with Crippen molar-refractivity contribution in [1.82, 2.24) is 15.0 Å². The van der Waals surface area contributed by atoms with Gasteiger partial charge in [-0.3, -0.25) is 4.98 Å². The predicted octanol–water partition coefficient (Wildman–Crippen LogP) is 3.01. The minimum Gasteiger partial charge on any atom is -0.315 e. The van der Waals surface area contributed by atoms with Gasteiger partial charge in [-0.2, -0.15) is 0 Å². The van der Waals surface area contributed by atoms with Crippen molar-refractivity contribution in [3.05, 3.63) is 72.1 Å². The van der Waals surface area contributed by atoms with Crippen LogP contribution >= 0.6 is 0 Å². The summed E-state index contributed by atoms with van der Waals surface area (Å²) < 4.78 is 54.3. The smallest absolute Gasteiger partial charge is 0.240 e. The first-order valence-corrected chi connectivity index (χ1v) is 10.3. The van der Waals surface area contributed by atoms with Gasteiger partial charge >= 0.3 is 0 Å². The van der Waals surface area contributed by atoms with Crippen LogP contribution in [0, 0.1) is 11.6 Å². The third kappa shape index (κ3) is 5.09. The van der Waals surface area contributed by atoms with Gasteiger partial charge < -0.3 is 5.32 Å². The third-order valence-corrected chi connectivity index (χ3v) is 5.90. The Morgan fingerprint density at radius 1 is 1.07 bits per heavy atom.